The number of aromatic nitrogens is 5. The highest BCUT2D eigenvalue weighted by Crippen LogP contribution is 2.37. The van der Waals surface area contributed by atoms with Crippen LogP contribution in [0.4, 0.5) is 4.39 Å². The van der Waals surface area contributed by atoms with Gasteiger partial charge in [-0.1, -0.05) is 17.7 Å². The van der Waals surface area contributed by atoms with Gasteiger partial charge in [0.25, 0.3) is 0 Å². The minimum Gasteiger partial charge on any atom is -0.370 e. The van der Waals surface area contributed by atoms with Gasteiger partial charge >= 0.3 is 0 Å². The van der Waals surface area contributed by atoms with Crippen LogP contribution in [0.3, 0.4) is 0 Å². The summed E-state index contributed by atoms with van der Waals surface area (Å²) in [5.41, 5.74) is 2.53. The van der Waals surface area contributed by atoms with E-state index in [1.54, 1.807) is 12.3 Å². The van der Waals surface area contributed by atoms with E-state index < -0.39 is 5.82 Å². The van der Waals surface area contributed by atoms with Crippen molar-refractivity contribution in [1.82, 2.24) is 35.0 Å². The number of nitriles is 1. The lowest BCUT2D eigenvalue weighted by Gasteiger charge is -2.46. The molecule has 1 unspecified atom stereocenters. The van der Waals surface area contributed by atoms with Crippen LogP contribution in [0.25, 0.3) is 5.82 Å². The Morgan fingerprint density at radius 1 is 1.25 bits per heavy atom. The lowest BCUT2D eigenvalue weighted by atomic mass is 9.99. The molecule has 0 saturated carbocycles. The van der Waals surface area contributed by atoms with Crippen molar-refractivity contribution in [3.63, 3.8) is 0 Å². The van der Waals surface area contributed by atoms with Gasteiger partial charge in [-0.05, 0) is 46.5 Å². The number of benzene rings is 1. The van der Waals surface area contributed by atoms with E-state index in [4.69, 9.17) is 16.3 Å². The Morgan fingerprint density at radius 3 is 2.94 bits per heavy atom. The topological polar surface area (TPSA) is 113 Å². The van der Waals surface area contributed by atoms with Crippen molar-refractivity contribution in [2.45, 2.75) is 30.9 Å². The Morgan fingerprint density at radius 2 is 2.14 bits per heavy atom. The number of nitrogens with zero attached hydrogens (tertiary/aromatic N) is 8. The summed E-state index contributed by atoms with van der Waals surface area (Å²) in [6.45, 7) is 2.89. The number of pyridine rings is 1. The van der Waals surface area contributed by atoms with Crippen molar-refractivity contribution in [2.75, 3.05) is 32.8 Å². The summed E-state index contributed by atoms with van der Waals surface area (Å²) in [5.74, 6) is -0.0886. The number of fused-ring (bicyclic) bond motifs is 2. The molecule has 2 saturated heterocycles. The molecule has 0 N–H and O–H groups in total. The van der Waals surface area contributed by atoms with Crippen LogP contribution < -0.4 is 0 Å². The lowest BCUT2D eigenvalue weighted by Crippen LogP contribution is -2.60. The van der Waals surface area contributed by atoms with Gasteiger partial charge in [0.15, 0.2) is 5.82 Å². The zero-order valence-electron chi connectivity index (χ0n) is 19.2. The molecule has 3 aromatic rings. The third-order valence-electron chi connectivity index (χ3n) is 7.36. The quantitative estimate of drug-likeness (QED) is 0.528. The van der Waals surface area contributed by atoms with Gasteiger partial charge in [0.1, 0.15) is 23.8 Å². The smallest absolute Gasteiger partial charge is 0.230 e. The van der Waals surface area contributed by atoms with Crippen molar-refractivity contribution in [2.24, 2.45) is 0 Å². The number of carbonyl (C=O) groups excluding carboxylic acids is 1. The Balaban J connectivity index is 1.12. The molecule has 1 aliphatic carbocycles. The van der Waals surface area contributed by atoms with E-state index in [2.05, 4.69) is 25.4 Å². The largest absolute Gasteiger partial charge is 0.370 e. The third-order valence-corrected chi connectivity index (χ3v) is 7.76. The standard InChI is InChI=1S/C24H22ClFN8O2/c25-23-17(3-4-20(26)18(23)8-27)21-11-32-5-6-33(10-15(32)12-36-21)24(35)16-2-1-14-7-22(28-9-19(14)16)34-13-29-30-31-34/h3-4,7,9,13,15-16,21H,1-2,5-6,10-12H2/t15-,16?,21+/m0/s1. The van der Waals surface area contributed by atoms with Crippen LogP contribution in [0.5, 0.6) is 0 Å². The molecule has 2 fully saturated rings. The van der Waals surface area contributed by atoms with Crippen molar-refractivity contribution >= 4 is 17.5 Å². The molecule has 0 bridgehead atoms. The van der Waals surface area contributed by atoms with Crippen molar-refractivity contribution < 1.29 is 13.9 Å². The molecule has 3 aliphatic rings. The second-order valence-corrected chi connectivity index (χ2v) is 9.66. The highest BCUT2D eigenvalue weighted by Gasteiger charge is 2.39. The Bertz CT molecular complexity index is 1360. The van der Waals surface area contributed by atoms with Gasteiger partial charge in [0.2, 0.25) is 5.91 Å². The zero-order chi connectivity index (χ0) is 24.8. The summed E-state index contributed by atoms with van der Waals surface area (Å²) in [6.07, 6.45) is 4.47. The number of halogens is 2. The highest BCUT2D eigenvalue weighted by atomic mass is 35.5. The fourth-order valence-corrected chi connectivity index (χ4v) is 5.76. The number of carbonyl (C=O) groups is 1. The van der Waals surface area contributed by atoms with E-state index in [0.29, 0.717) is 44.2 Å². The summed E-state index contributed by atoms with van der Waals surface area (Å²) in [4.78, 5) is 22.2. The third kappa shape index (κ3) is 3.91. The van der Waals surface area contributed by atoms with Crippen molar-refractivity contribution in [3.05, 3.63) is 63.8 Å². The summed E-state index contributed by atoms with van der Waals surface area (Å²) in [5, 5.41) is 20.5. The number of tetrazole rings is 1. The predicted molar refractivity (Wildman–Crippen MR) is 125 cm³/mol. The van der Waals surface area contributed by atoms with Crippen LogP contribution in [-0.4, -0.2) is 79.7 Å². The fourth-order valence-electron chi connectivity index (χ4n) is 5.44. The van der Waals surface area contributed by atoms with Gasteiger partial charge in [0, 0.05) is 37.9 Å². The molecule has 0 radical (unpaired) electrons. The van der Waals surface area contributed by atoms with E-state index in [0.717, 1.165) is 24.0 Å². The molecule has 12 heteroatoms. The Hall–Kier alpha value is -3.46. The van der Waals surface area contributed by atoms with Crippen LogP contribution in [-0.2, 0) is 16.0 Å². The maximum atomic E-state index is 13.9. The van der Waals surface area contributed by atoms with Gasteiger partial charge in [-0.2, -0.15) is 9.94 Å². The van der Waals surface area contributed by atoms with Gasteiger partial charge < -0.3 is 9.64 Å². The zero-order valence-corrected chi connectivity index (χ0v) is 20.0. The first kappa shape index (κ1) is 23.0. The van der Waals surface area contributed by atoms with Gasteiger partial charge in [-0.3, -0.25) is 9.69 Å². The molecule has 2 aromatic heterocycles. The van der Waals surface area contributed by atoms with E-state index in [1.165, 1.54) is 17.1 Å². The minimum absolute atomic E-state index is 0.0646. The fraction of sp³-hybridized carbons (Fsp3) is 0.417. The van der Waals surface area contributed by atoms with Gasteiger partial charge in [0.05, 0.1) is 29.7 Å². The van der Waals surface area contributed by atoms with Crippen molar-refractivity contribution in [3.8, 4) is 11.9 Å². The van der Waals surface area contributed by atoms with Crippen LogP contribution in [0.15, 0.2) is 30.7 Å². The van der Waals surface area contributed by atoms with Crippen molar-refractivity contribution in [1.29, 1.82) is 5.26 Å². The predicted octanol–water partition coefficient (Wildman–Crippen LogP) is 2.04. The summed E-state index contributed by atoms with van der Waals surface area (Å²) < 4.78 is 21.5. The maximum absolute atomic E-state index is 13.9. The van der Waals surface area contributed by atoms with Gasteiger partial charge in [-0.15, -0.1) is 5.10 Å². The summed E-state index contributed by atoms with van der Waals surface area (Å²) in [6, 6.07) is 6.68. The van der Waals surface area contributed by atoms with Crippen LogP contribution in [0.1, 0.15) is 40.7 Å². The average molecular weight is 509 g/mol. The molecule has 1 amide bonds. The molecule has 10 nitrogen and oxygen atoms in total. The number of morpholine rings is 1. The lowest BCUT2D eigenvalue weighted by molar-refractivity contribution is -0.141. The normalized spacial score (nSPS) is 23.7. The number of amides is 1. The molecule has 36 heavy (non-hydrogen) atoms. The molecular weight excluding hydrogens is 487 g/mol. The Kier molecular flexibility index (Phi) is 5.87. The molecule has 4 heterocycles. The van der Waals surface area contributed by atoms with Crippen LogP contribution in [0, 0.1) is 17.1 Å². The monoisotopic (exact) mass is 508 g/mol. The molecule has 3 atom stereocenters. The van der Waals surface area contributed by atoms with E-state index in [1.807, 2.05) is 17.0 Å². The Labute approximate surface area is 211 Å². The number of piperazine rings is 1. The second-order valence-electron chi connectivity index (χ2n) is 9.28. The average Bonchev–Trinajstić information content (AvgIpc) is 3.58. The number of rotatable bonds is 3. The first-order valence-electron chi connectivity index (χ1n) is 11.8. The van der Waals surface area contributed by atoms with Gasteiger partial charge in [-0.25, -0.2) is 9.37 Å². The van der Waals surface area contributed by atoms with Crippen LogP contribution in [0.2, 0.25) is 5.02 Å². The first-order chi connectivity index (χ1) is 17.5. The molecule has 184 valence electrons. The SMILES string of the molecule is N#Cc1c(F)ccc([C@H]2CN3CCN(C(=O)C4CCc5cc(-n6cnnn6)ncc54)C[C@H]3CO2)c1Cl. The first-order valence-corrected chi connectivity index (χ1v) is 12.2. The molecule has 0 spiro atoms. The summed E-state index contributed by atoms with van der Waals surface area (Å²) in [7, 11) is 0. The number of hydrogen-bond donors (Lipinski definition) is 0. The maximum Gasteiger partial charge on any atom is 0.230 e. The molecular formula is C24H22ClFN8O2. The minimum atomic E-state index is -0.637. The van der Waals surface area contributed by atoms with Crippen LogP contribution >= 0.6 is 11.6 Å². The second kappa shape index (κ2) is 9.20. The number of hydrogen-bond acceptors (Lipinski definition) is 8. The number of ether oxygens (including phenoxy) is 1. The highest BCUT2D eigenvalue weighted by molar-refractivity contribution is 6.32. The molecule has 2 aliphatic heterocycles. The number of aryl methyl sites for hydroxylation is 1. The van der Waals surface area contributed by atoms with E-state index in [-0.39, 0.29) is 34.6 Å². The molecule has 6 rings (SSSR count). The molecule has 1 aromatic carbocycles. The summed E-state index contributed by atoms with van der Waals surface area (Å²) >= 11 is 6.31. The van der Waals surface area contributed by atoms with E-state index in [9.17, 15) is 14.4 Å². The van der Waals surface area contributed by atoms with E-state index >= 15 is 0 Å².